The predicted octanol–water partition coefficient (Wildman–Crippen LogP) is 7.44. The molecule has 0 saturated heterocycles. The van der Waals surface area contributed by atoms with Crippen molar-refractivity contribution in [2.45, 2.75) is 24.6 Å². The van der Waals surface area contributed by atoms with Crippen molar-refractivity contribution in [3.05, 3.63) is 107 Å². The SMILES string of the molecule is CN(CCCNC(=O)c1cccc2cc3c(CCl)cccc3nc12)CCCNC(=O)c1cccc2cc3c(CCl)cccc3nc12. The van der Waals surface area contributed by atoms with E-state index in [2.05, 4.69) is 27.7 Å². The summed E-state index contributed by atoms with van der Waals surface area (Å²) in [5, 5.41) is 9.94. The van der Waals surface area contributed by atoms with Gasteiger partial charge in [-0.3, -0.25) is 9.59 Å². The standard InChI is InChI=1S/C37H35Cl2N5O2/c1-44(18-6-16-40-36(45)28-12-2-8-24-20-30-26(22-38)10-4-14-32(30)42-34(24)28)19-7-17-41-37(46)29-13-3-9-25-21-31-27(23-39)11-5-15-33(31)43-35(25)29/h2-5,8-15,20-21H,6-7,16-19,22-23H2,1H3,(H,40,45)(H,41,46). The van der Waals surface area contributed by atoms with Crippen LogP contribution in [0.1, 0.15) is 44.7 Å². The molecule has 0 atom stereocenters. The fourth-order valence-electron chi connectivity index (χ4n) is 5.89. The van der Waals surface area contributed by atoms with Gasteiger partial charge in [-0.2, -0.15) is 0 Å². The number of pyridine rings is 2. The van der Waals surface area contributed by atoms with Crippen molar-refractivity contribution in [1.82, 2.24) is 25.5 Å². The number of hydrogen-bond donors (Lipinski definition) is 2. The highest BCUT2D eigenvalue weighted by Gasteiger charge is 2.15. The van der Waals surface area contributed by atoms with E-state index >= 15 is 0 Å². The number of nitrogens with one attached hydrogen (secondary N) is 2. The van der Waals surface area contributed by atoms with Crippen LogP contribution in [0.15, 0.2) is 84.9 Å². The van der Waals surface area contributed by atoms with Crippen LogP contribution < -0.4 is 10.6 Å². The second-order valence-electron chi connectivity index (χ2n) is 11.5. The lowest BCUT2D eigenvalue weighted by Gasteiger charge is -2.17. The molecule has 0 aliphatic heterocycles. The molecule has 0 aliphatic rings. The Morgan fingerprint density at radius 1 is 0.652 bits per heavy atom. The summed E-state index contributed by atoms with van der Waals surface area (Å²) in [5.74, 6) is 0.550. The number of aromatic nitrogens is 2. The molecule has 0 spiro atoms. The zero-order valence-electron chi connectivity index (χ0n) is 25.7. The van der Waals surface area contributed by atoms with Gasteiger partial charge in [0.05, 0.1) is 33.2 Å². The molecule has 0 aliphatic carbocycles. The number of halogens is 2. The molecule has 6 rings (SSSR count). The second kappa shape index (κ2) is 14.4. The molecule has 0 radical (unpaired) electrons. The Bertz CT molecular complexity index is 1920. The fourth-order valence-corrected chi connectivity index (χ4v) is 6.35. The Hall–Kier alpha value is -4.30. The van der Waals surface area contributed by atoms with Crippen LogP contribution in [0, 0.1) is 0 Å². The Labute approximate surface area is 277 Å². The van der Waals surface area contributed by atoms with E-state index in [1.165, 1.54) is 0 Å². The van der Waals surface area contributed by atoms with Crippen LogP contribution in [0.5, 0.6) is 0 Å². The number of amides is 2. The van der Waals surface area contributed by atoms with Crippen molar-refractivity contribution in [1.29, 1.82) is 0 Å². The molecular weight excluding hydrogens is 617 g/mol. The van der Waals surface area contributed by atoms with Gasteiger partial charge in [0.25, 0.3) is 11.8 Å². The van der Waals surface area contributed by atoms with Crippen LogP contribution in [0.4, 0.5) is 0 Å². The zero-order valence-corrected chi connectivity index (χ0v) is 27.2. The van der Waals surface area contributed by atoms with E-state index in [0.717, 1.165) is 69.6 Å². The summed E-state index contributed by atoms with van der Waals surface area (Å²) in [7, 11) is 2.05. The summed E-state index contributed by atoms with van der Waals surface area (Å²) in [4.78, 5) is 38.0. The van der Waals surface area contributed by atoms with Crippen LogP contribution in [-0.4, -0.2) is 59.9 Å². The number of hydrogen-bond acceptors (Lipinski definition) is 5. The topological polar surface area (TPSA) is 87.2 Å². The Balaban J connectivity index is 0.973. The van der Waals surface area contributed by atoms with Crippen LogP contribution in [0.2, 0.25) is 0 Å². The van der Waals surface area contributed by atoms with Gasteiger partial charge in [-0.25, -0.2) is 9.97 Å². The number of alkyl halides is 2. The maximum absolute atomic E-state index is 13.1. The Kier molecular flexibility index (Phi) is 9.93. The molecule has 2 heterocycles. The van der Waals surface area contributed by atoms with Crippen LogP contribution >= 0.6 is 23.2 Å². The molecule has 2 amide bonds. The molecule has 4 aromatic carbocycles. The van der Waals surface area contributed by atoms with Gasteiger partial charge in [-0.05, 0) is 80.5 Å². The number of para-hydroxylation sites is 2. The summed E-state index contributed by atoms with van der Waals surface area (Å²) in [6, 6.07) is 27.2. The average Bonchev–Trinajstić information content (AvgIpc) is 3.08. The highest BCUT2D eigenvalue weighted by Crippen LogP contribution is 2.27. The molecule has 6 aromatic rings. The maximum atomic E-state index is 13.1. The quantitative estimate of drug-likeness (QED) is 0.0816. The summed E-state index contributed by atoms with van der Waals surface area (Å²) in [5.41, 5.74) is 6.20. The number of fused-ring (bicyclic) bond motifs is 4. The minimum atomic E-state index is -0.133. The average molecular weight is 653 g/mol. The number of nitrogens with zero attached hydrogens (tertiary/aromatic N) is 3. The number of rotatable bonds is 12. The lowest BCUT2D eigenvalue weighted by atomic mass is 10.0. The first kappa shape index (κ1) is 31.7. The van der Waals surface area contributed by atoms with E-state index in [1.807, 2.05) is 79.8 Å². The van der Waals surface area contributed by atoms with Crippen LogP contribution in [-0.2, 0) is 11.8 Å². The molecule has 9 heteroatoms. The largest absolute Gasteiger partial charge is 0.352 e. The monoisotopic (exact) mass is 651 g/mol. The molecule has 0 saturated carbocycles. The molecule has 234 valence electrons. The summed E-state index contributed by atoms with van der Waals surface area (Å²) >= 11 is 12.3. The van der Waals surface area contributed by atoms with Gasteiger partial charge in [-0.15, -0.1) is 23.2 Å². The first-order valence-corrected chi connectivity index (χ1v) is 16.5. The van der Waals surface area contributed by atoms with E-state index in [9.17, 15) is 9.59 Å². The third kappa shape index (κ3) is 6.77. The molecular formula is C37H35Cl2N5O2. The van der Waals surface area contributed by atoms with E-state index in [1.54, 1.807) is 0 Å². The maximum Gasteiger partial charge on any atom is 0.253 e. The van der Waals surface area contributed by atoms with E-state index < -0.39 is 0 Å². The first-order valence-electron chi connectivity index (χ1n) is 15.5. The molecule has 0 unspecified atom stereocenters. The number of carbonyl (C=O) groups is 2. The van der Waals surface area contributed by atoms with Crippen molar-refractivity contribution in [2.24, 2.45) is 0 Å². The summed E-state index contributed by atoms with van der Waals surface area (Å²) in [6.07, 6.45) is 1.60. The van der Waals surface area contributed by atoms with Gasteiger partial charge in [0.1, 0.15) is 0 Å². The second-order valence-corrected chi connectivity index (χ2v) is 12.0. The first-order chi connectivity index (χ1) is 22.5. The normalized spacial score (nSPS) is 11.6. The van der Waals surface area contributed by atoms with E-state index in [4.69, 9.17) is 33.2 Å². The third-order valence-corrected chi connectivity index (χ3v) is 8.90. The van der Waals surface area contributed by atoms with E-state index in [-0.39, 0.29) is 11.8 Å². The van der Waals surface area contributed by atoms with Crippen LogP contribution in [0.3, 0.4) is 0 Å². The van der Waals surface area contributed by atoms with Crippen molar-refractivity contribution >= 4 is 78.6 Å². The smallest absolute Gasteiger partial charge is 0.253 e. The van der Waals surface area contributed by atoms with Gasteiger partial charge in [0.2, 0.25) is 0 Å². The van der Waals surface area contributed by atoms with Gasteiger partial charge >= 0.3 is 0 Å². The van der Waals surface area contributed by atoms with Crippen molar-refractivity contribution in [3.8, 4) is 0 Å². The number of carbonyl (C=O) groups excluding carboxylic acids is 2. The molecule has 2 aromatic heterocycles. The molecule has 7 nitrogen and oxygen atoms in total. The van der Waals surface area contributed by atoms with Gasteiger partial charge < -0.3 is 15.5 Å². The van der Waals surface area contributed by atoms with Crippen molar-refractivity contribution in [2.75, 3.05) is 33.2 Å². The summed E-state index contributed by atoms with van der Waals surface area (Å²) in [6.45, 7) is 2.74. The molecule has 46 heavy (non-hydrogen) atoms. The van der Waals surface area contributed by atoms with Gasteiger partial charge in [0, 0.05) is 46.4 Å². The van der Waals surface area contributed by atoms with Crippen molar-refractivity contribution < 1.29 is 9.59 Å². The fraction of sp³-hybridized carbons (Fsp3) is 0.243. The zero-order chi connectivity index (χ0) is 32.0. The van der Waals surface area contributed by atoms with E-state index in [0.29, 0.717) is 47.0 Å². The Morgan fingerprint density at radius 2 is 1.09 bits per heavy atom. The minimum Gasteiger partial charge on any atom is -0.352 e. The third-order valence-electron chi connectivity index (χ3n) is 8.33. The number of benzene rings is 4. The lowest BCUT2D eigenvalue weighted by molar-refractivity contribution is 0.0947. The van der Waals surface area contributed by atoms with Crippen LogP contribution in [0.25, 0.3) is 43.6 Å². The van der Waals surface area contributed by atoms with Gasteiger partial charge in [-0.1, -0.05) is 48.5 Å². The van der Waals surface area contributed by atoms with Crippen molar-refractivity contribution in [3.63, 3.8) is 0 Å². The highest BCUT2D eigenvalue weighted by molar-refractivity contribution is 6.18. The lowest BCUT2D eigenvalue weighted by Crippen LogP contribution is -2.31. The Morgan fingerprint density at radius 3 is 1.52 bits per heavy atom. The predicted molar refractivity (Wildman–Crippen MR) is 189 cm³/mol. The molecule has 2 N–H and O–H groups in total. The molecule has 0 bridgehead atoms. The summed E-state index contributed by atoms with van der Waals surface area (Å²) < 4.78 is 0. The van der Waals surface area contributed by atoms with Gasteiger partial charge in [0.15, 0.2) is 0 Å². The molecule has 0 fully saturated rings. The highest BCUT2D eigenvalue weighted by atomic mass is 35.5. The minimum absolute atomic E-state index is 0.133.